The molecule has 0 aliphatic carbocycles. The van der Waals surface area contributed by atoms with Crippen molar-refractivity contribution in [1.82, 2.24) is 4.98 Å². The summed E-state index contributed by atoms with van der Waals surface area (Å²) in [5.74, 6) is 0.251. The highest BCUT2D eigenvalue weighted by atomic mass is 14.8. The lowest BCUT2D eigenvalue weighted by Crippen LogP contribution is -1.94. The van der Waals surface area contributed by atoms with Crippen molar-refractivity contribution in [2.45, 2.75) is 6.92 Å². The van der Waals surface area contributed by atoms with E-state index in [1.54, 1.807) is 31.6 Å². The number of nitrogens with zero attached hydrogens (tertiary/aromatic N) is 2. The molecule has 56 valence electrons. The van der Waals surface area contributed by atoms with Gasteiger partial charge in [-0.15, -0.1) is 0 Å². The molecular weight excluding hydrogens is 138 g/mol. The second-order valence-electron chi connectivity index (χ2n) is 1.98. The smallest absolute Gasteiger partial charge is 0.152 e. The van der Waals surface area contributed by atoms with Crippen molar-refractivity contribution in [3.8, 4) is 0 Å². The van der Waals surface area contributed by atoms with Crippen LogP contribution in [0.1, 0.15) is 12.5 Å². The zero-order chi connectivity index (χ0) is 8.10. The fourth-order valence-corrected chi connectivity index (χ4v) is 0.706. The number of nitrogens with one attached hydrogen (secondary N) is 1. The van der Waals surface area contributed by atoms with Gasteiger partial charge in [0.15, 0.2) is 5.84 Å². The molecule has 1 heterocycles. The Morgan fingerprint density at radius 2 is 2.55 bits per heavy atom. The van der Waals surface area contributed by atoms with E-state index in [0.717, 1.165) is 5.56 Å². The third-order valence-corrected chi connectivity index (χ3v) is 1.19. The molecular formula is C8H9N3. The molecule has 0 atom stereocenters. The van der Waals surface area contributed by atoms with E-state index >= 15 is 0 Å². The Balaban J connectivity index is 2.86. The number of amidine groups is 1. The van der Waals surface area contributed by atoms with Crippen molar-refractivity contribution in [2.75, 3.05) is 0 Å². The molecule has 1 rings (SSSR count). The van der Waals surface area contributed by atoms with Gasteiger partial charge >= 0.3 is 0 Å². The molecule has 0 aromatic carbocycles. The minimum absolute atomic E-state index is 0.251. The van der Waals surface area contributed by atoms with Gasteiger partial charge in [0, 0.05) is 24.2 Å². The van der Waals surface area contributed by atoms with E-state index in [9.17, 15) is 0 Å². The second kappa shape index (κ2) is 3.61. The number of rotatable bonds is 1. The van der Waals surface area contributed by atoms with Crippen LogP contribution in [0.3, 0.4) is 0 Å². The van der Waals surface area contributed by atoms with E-state index < -0.39 is 0 Å². The molecule has 3 nitrogen and oxygen atoms in total. The van der Waals surface area contributed by atoms with Gasteiger partial charge in [-0.1, -0.05) is 0 Å². The van der Waals surface area contributed by atoms with E-state index in [2.05, 4.69) is 9.98 Å². The van der Waals surface area contributed by atoms with Crippen molar-refractivity contribution in [1.29, 1.82) is 5.41 Å². The van der Waals surface area contributed by atoms with Gasteiger partial charge in [-0.05, 0) is 19.1 Å². The summed E-state index contributed by atoms with van der Waals surface area (Å²) in [6, 6.07) is 3.59. The molecule has 3 heteroatoms. The van der Waals surface area contributed by atoms with Gasteiger partial charge in [-0.3, -0.25) is 10.4 Å². The molecule has 0 unspecified atom stereocenters. The number of aliphatic imine (C=N–C) groups is 1. The van der Waals surface area contributed by atoms with E-state index in [4.69, 9.17) is 5.41 Å². The Morgan fingerprint density at radius 3 is 3.09 bits per heavy atom. The SMILES string of the molecule is CC=NC(=N)c1cccnc1. The molecule has 1 aromatic rings. The largest absolute Gasteiger partial charge is 0.282 e. The van der Waals surface area contributed by atoms with Crippen LogP contribution in [-0.4, -0.2) is 17.0 Å². The lowest BCUT2D eigenvalue weighted by atomic mass is 10.3. The first-order valence-electron chi connectivity index (χ1n) is 3.32. The molecule has 11 heavy (non-hydrogen) atoms. The lowest BCUT2D eigenvalue weighted by molar-refractivity contribution is 1.30. The highest BCUT2D eigenvalue weighted by molar-refractivity contribution is 6.00. The predicted octanol–water partition coefficient (Wildman–Crippen LogP) is 1.50. The molecule has 0 saturated heterocycles. The Bertz CT molecular complexity index is 264. The Labute approximate surface area is 65.3 Å². The first kappa shape index (κ1) is 7.60. The highest BCUT2D eigenvalue weighted by Crippen LogP contribution is 1.96. The topological polar surface area (TPSA) is 49.1 Å². The summed E-state index contributed by atoms with van der Waals surface area (Å²) in [6.45, 7) is 1.78. The summed E-state index contributed by atoms with van der Waals surface area (Å²) in [4.78, 5) is 7.69. The molecule has 0 aliphatic heterocycles. The molecule has 0 amide bonds. The van der Waals surface area contributed by atoms with E-state index in [-0.39, 0.29) is 5.84 Å². The van der Waals surface area contributed by atoms with Gasteiger partial charge in [0.05, 0.1) is 0 Å². The average molecular weight is 147 g/mol. The number of hydrogen-bond acceptors (Lipinski definition) is 2. The van der Waals surface area contributed by atoms with Gasteiger partial charge in [0.2, 0.25) is 0 Å². The van der Waals surface area contributed by atoms with Crippen molar-refractivity contribution in [3.63, 3.8) is 0 Å². The van der Waals surface area contributed by atoms with Gasteiger partial charge < -0.3 is 0 Å². The second-order valence-corrected chi connectivity index (χ2v) is 1.98. The van der Waals surface area contributed by atoms with E-state index in [0.29, 0.717) is 0 Å². The van der Waals surface area contributed by atoms with Crippen LogP contribution in [0.4, 0.5) is 0 Å². The van der Waals surface area contributed by atoms with Gasteiger partial charge in [0.1, 0.15) is 0 Å². The average Bonchev–Trinajstić information content (AvgIpc) is 2.07. The molecule has 0 fully saturated rings. The first-order valence-corrected chi connectivity index (χ1v) is 3.32. The Morgan fingerprint density at radius 1 is 1.73 bits per heavy atom. The summed E-state index contributed by atoms with van der Waals surface area (Å²) >= 11 is 0. The first-order chi connectivity index (χ1) is 5.34. The zero-order valence-corrected chi connectivity index (χ0v) is 6.28. The quantitative estimate of drug-likeness (QED) is 0.475. The molecule has 0 aliphatic rings. The molecule has 0 radical (unpaired) electrons. The molecule has 0 saturated carbocycles. The van der Waals surface area contributed by atoms with Gasteiger partial charge in [0.25, 0.3) is 0 Å². The van der Waals surface area contributed by atoms with Crippen LogP contribution in [0.25, 0.3) is 0 Å². The van der Waals surface area contributed by atoms with Crippen LogP contribution in [0.2, 0.25) is 0 Å². The van der Waals surface area contributed by atoms with Crippen molar-refractivity contribution in [2.24, 2.45) is 4.99 Å². The third-order valence-electron chi connectivity index (χ3n) is 1.19. The fraction of sp³-hybridized carbons (Fsp3) is 0.125. The Kier molecular flexibility index (Phi) is 2.49. The normalized spacial score (nSPS) is 10.3. The number of aromatic nitrogens is 1. The van der Waals surface area contributed by atoms with Crippen molar-refractivity contribution < 1.29 is 0 Å². The summed E-state index contributed by atoms with van der Waals surface area (Å²) in [5.41, 5.74) is 0.741. The Hall–Kier alpha value is -1.51. The van der Waals surface area contributed by atoms with Crippen molar-refractivity contribution >= 4 is 12.1 Å². The van der Waals surface area contributed by atoms with Crippen LogP contribution in [0.5, 0.6) is 0 Å². The van der Waals surface area contributed by atoms with Crippen molar-refractivity contribution in [3.05, 3.63) is 30.1 Å². The van der Waals surface area contributed by atoms with Crippen LogP contribution >= 0.6 is 0 Å². The standard InChI is InChI=1S/C8H9N3/c1-2-11-8(9)7-4-3-5-10-6-7/h2-6,9H,1H3. The summed E-state index contributed by atoms with van der Waals surface area (Å²) < 4.78 is 0. The van der Waals surface area contributed by atoms with Crippen LogP contribution in [0, 0.1) is 5.41 Å². The predicted molar refractivity (Wildman–Crippen MR) is 45.2 cm³/mol. The monoisotopic (exact) mass is 147 g/mol. The summed E-state index contributed by atoms with van der Waals surface area (Å²) in [5, 5.41) is 7.39. The maximum atomic E-state index is 7.39. The maximum absolute atomic E-state index is 7.39. The minimum atomic E-state index is 0.251. The summed E-state index contributed by atoms with van der Waals surface area (Å²) in [6.07, 6.45) is 4.89. The zero-order valence-electron chi connectivity index (χ0n) is 6.28. The lowest BCUT2D eigenvalue weighted by Gasteiger charge is -1.93. The molecule has 1 aromatic heterocycles. The number of pyridine rings is 1. The fourth-order valence-electron chi connectivity index (χ4n) is 0.706. The minimum Gasteiger partial charge on any atom is -0.282 e. The van der Waals surface area contributed by atoms with Crippen LogP contribution < -0.4 is 0 Å². The summed E-state index contributed by atoms with van der Waals surface area (Å²) in [7, 11) is 0. The van der Waals surface area contributed by atoms with E-state index in [1.807, 2.05) is 6.07 Å². The third kappa shape index (κ3) is 1.97. The maximum Gasteiger partial charge on any atom is 0.152 e. The van der Waals surface area contributed by atoms with E-state index in [1.165, 1.54) is 0 Å². The van der Waals surface area contributed by atoms with Crippen LogP contribution in [0.15, 0.2) is 29.5 Å². The molecule has 1 N–H and O–H groups in total. The molecule has 0 bridgehead atoms. The number of hydrogen-bond donors (Lipinski definition) is 1. The van der Waals surface area contributed by atoms with Crippen LogP contribution in [-0.2, 0) is 0 Å². The van der Waals surface area contributed by atoms with Gasteiger partial charge in [-0.25, -0.2) is 4.99 Å². The highest BCUT2D eigenvalue weighted by Gasteiger charge is 1.94. The molecule has 0 spiro atoms. The van der Waals surface area contributed by atoms with Gasteiger partial charge in [-0.2, -0.15) is 0 Å².